The molecule has 6 rings (SSSR count). The van der Waals surface area contributed by atoms with Gasteiger partial charge in [0.1, 0.15) is 5.82 Å². The smallest absolute Gasteiger partial charge is 0.254 e. The number of aromatic nitrogens is 4. The van der Waals surface area contributed by atoms with E-state index in [4.69, 9.17) is 5.73 Å². The van der Waals surface area contributed by atoms with Crippen molar-refractivity contribution in [3.63, 3.8) is 0 Å². The molecule has 1 saturated carbocycles. The fourth-order valence-corrected chi connectivity index (χ4v) is 4.84. The molecule has 8 heteroatoms. The van der Waals surface area contributed by atoms with E-state index in [0.29, 0.717) is 17.9 Å². The summed E-state index contributed by atoms with van der Waals surface area (Å²) in [5, 5.41) is 10.0. The molecule has 1 aliphatic carbocycles. The van der Waals surface area contributed by atoms with Crippen LogP contribution in [0.15, 0.2) is 59.6 Å². The summed E-state index contributed by atoms with van der Waals surface area (Å²) in [6, 6.07) is 11.7. The number of hydrogen-bond donors (Lipinski definition) is 1. The molecule has 1 aromatic carbocycles. The third kappa shape index (κ3) is 4.11. The Hall–Kier alpha value is -4.22. The Balaban J connectivity index is 1.28. The molecule has 1 amide bonds. The Bertz CT molecular complexity index is 1620. The van der Waals surface area contributed by atoms with E-state index in [1.807, 2.05) is 59.1 Å². The molecule has 0 saturated heterocycles. The quantitative estimate of drug-likeness (QED) is 0.388. The van der Waals surface area contributed by atoms with Crippen LogP contribution < -0.4 is 5.73 Å². The molecule has 0 atom stereocenters. The van der Waals surface area contributed by atoms with Crippen molar-refractivity contribution in [1.82, 2.24) is 24.6 Å². The van der Waals surface area contributed by atoms with Crippen molar-refractivity contribution >= 4 is 44.9 Å². The highest BCUT2D eigenvalue weighted by Gasteiger charge is 2.33. The van der Waals surface area contributed by atoms with E-state index < -0.39 is 0 Å². The van der Waals surface area contributed by atoms with Crippen LogP contribution in [0.25, 0.3) is 21.8 Å². The highest BCUT2D eigenvalue weighted by Crippen LogP contribution is 2.32. The number of nitrogens with zero attached hydrogens (tertiary/aromatic N) is 5. The first-order chi connectivity index (χ1) is 17.1. The van der Waals surface area contributed by atoms with Gasteiger partial charge in [0.05, 0.1) is 34.9 Å². The first kappa shape index (κ1) is 21.3. The van der Waals surface area contributed by atoms with E-state index in [1.165, 1.54) is 0 Å². The Morgan fingerprint density at radius 1 is 1.14 bits per heavy atom. The number of anilines is 1. The van der Waals surface area contributed by atoms with E-state index in [2.05, 4.69) is 26.9 Å². The van der Waals surface area contributed by atoms with Gasteiger partial charge in [-0.15, -0.1) is 0 Å². The van der Waals surface area contributed by atoms with Crippen molar-refractivity contribution in [3.8, 4) is 11.8 Å². The third-order valence-electron chi connectivity index (χ3n) is 6.23. The maximum absolute atomic E-state index is 13.6. The van der Waals surface area contributed by atoms with Gasteiger partial charge in [0.15, 0.2) is 0 Å². The molecule has 5 aromatic rings. The lowest BCUT2D eigenvalue weighted by Gasteiger charge is -2.22. The maximum Gasteiger partial charge on any atom is 0.254 e. The van der Waals surface area contributed by atoms with E-state index in [0.717, 1.165) is 51.5 Å². The number of carbonyl (C=O) groups excluding carboxylic acids is 1. The third-order valence-corrected chi connectivity index (χ3v) is 6.92. The van der Waals surface area contributed by atoms with Gasteiger partial charge in [-0.2, -0.15) is 16.4 Å². The van der Waals surface area contributed by atoms with Crippen molar-refractivity contribution in [3.05, 3.63) is 81.9 Å². The summed E-state index contributed by atoms with van der Waals surface area (Å²) in [7, 11) is 1.87. The van der Waals surface area contributed by atoms with Gasteiger partial charge in [-0.05, 0) is 54.6 Å². The van der Waals surface area contributed by atoms with Crippen LogP contribution in [0.3, 0.4) is 0 Å². The number of thiophene rings is 1. The number of nitrogens with two attached hydrogens (primary N) is 1. The standard InChI is InChI=1S/C27H22N6OS/c1-32-25-22-12-19(5-9-24(22)31-26(28)23(25)14-30-32)27(34)33(21-7-8-21)15-20-6-4-17(13-29-20)2-3-18-10-11-35-16-18/h4-6,9-14,16,21H,7-8,15H2,1H3,(H2,28,31). The molecule has 35 heavy (non-hydrogen) atoms. The van der Waals surface area contributed by atoms with E-state index in [1.54, 1.807) is 28.4 Å². The number of amides is 1. The molecule has 0 spiro atoms. The molecule has 0 radical (unpaired) electrons. The lowest BCUT2D eigenvalue weighted by Crippen LogP contribution is -2.32. The molecular weight excluding hydrogens is 456 g/mol. The molecule has 4 heterocycles. The van der Waals surface area contributed by atoms with Crippen LogP contribution in [0.1, 0.15) is 40.0 Å². The molecule has 1 fully saturated rings. The van der Waals surface area contributed by atoms with Crippen LogP contribution in [0.5, 0.6) is 0 Å². The van der Waals surface area contributed by atoms with Crippen LogP contribution in [0, 0.1) is 11.8 Å². The van der Waals surface area contributed by atoms with E-state index in [9.17, 15) is 4.79 Å². The second-order valence-electron chi connectivity index (χ2n) is 8.72. The topological polar surface area (TPSA) is 89.9 Å². The van der Waals surface area contributed by atoms with Crippen LogP contribution in [-0.2, 0) is 13.6 Å². The lowest BCUT2D eigenvalue weighted by molar-refractivity contribution is 0.0728. The van der Waals surface area contributed by atoms with Gasteiger partial charge in [0.25, 0.3) is 5.91 Å². The number of fused-ring (bicyclic) bond motifs is 3. The SMILES string of the molecule is Cn1ncc2c(N)nc3ccc(C(=O)N(Cc4ccc(C#Cc5ccsc5)cn4)C4CC4)cc3c21. The summed E-state index contributed by atoms with van der Waals surface area (Å²) in [6.45, 7) is 0.459. The molecule has 4 aromatic heterocycles. The number of carbonyl (C=O) groups is 1. The first-order valence-electron chi connectivity index (χ1n) is 11.4. The van der Waals surface area contributed by atoms with E-state index >= 15 is 0 Å². The normalized spacial score (nSPS) is 13.1. The second-order valence-corrected chi connectivity index (χ2v) is 9.50. The summed E-state index contributed by atoms with van der Waals surface area (Å²) >= 11 is 1.63. The van der Waals surface area contributed by atoms with Crippen molar-refractivity contribution in [2.75, 3.05) is 5.73 Å². The van der Waals surface area contributed by atoms with Crippen molar-refractivity contribution in [1.29, 1.82) is 0 Å². The molecule has 7 nitrogen and oxygen atoms in total. The Morgan fingerprint density at radius 3 is 2.74 bits per heavy atom. The zero-order chi connectivity index (χ0) is 23.9. The molecule has 2 N–H and O–H groups in total. The van der Waals surface area contributed by atoms with Crippen LogP contribution >= 0.6 is 11.3 Å². The largest absolute Gasteiger partial charge is 0.383 e. The van der Waals surface area contributed by atoms with Crippen molar-refractivity contribution in [2.24, 2.45) is 7.05 Å². The van der Waals surface area contributed by atoms with Gasteiger partial charge in [-0.25, -0.2) is 4.98 Å². The number of aryl methyl sites for hydroxylation is 1. The minimum Gasteiger partial charge on any atom is -0.383 e. The first-order valence-corrected chi connectivity index (χ1v) is 12.3. The monoisotopic (exact) mass is 478 g/mol. The molecule has 0 unspecified atom stereocenters. The van der Waals surface area contributed by atoms with Gasteiger partial charge < -0.3 is 10.6 Å². The average Bonchev–Trinajstić information content (AvgIpc) is 3.42. The molecule has 1 aliphatic rings. The van der Waals surface area contributed by atoms with E-state index in [-0.39, 0.29) is 11.9 Å². The highest BCUT2D eigenvalue weighted by atomic mass is 32.1. The molecular formula is C27H22N6OS. The summed E-state index contributed by atoms with van der Waals surface area (Å²) in [5.74, 6) is 6.71. The predicted octanol–water partition coefficient (Wildman–Crippen LogP) is 4.36. The van der Waals surface area contributed by atoms with Crippen molar-refractivity contribution < 1.29 is 4.79 Å². The predicted molar refractivity (Wildman–Crippen MR) is 138 cm³/mol. The number of benzene rings is 1. The zero-order valence-electron chi connectivity index (χ0n) is 19.1. The Labute approximate surface area is 206 Å². The molecule has 172 valence electrons. The average molecular weight is 479 g/mol. The van der Waals surface area contributed by atoms with Gasteiger partial charge in [-0.1, -0.05) is 11.8 Å². The number of pyridine rings is 2. The van der Waals surface area contributed by atoms with Gasteiger partial charge >= 0.3 is 0 Å². The minimum absolute atomic E-state index is 0.00957. The summed E-state index contributed by atoms with van der Waals surface area (Å²) < 4.78 is 1.77. The summed E-state index contributed by atoms with van der Waals surface area (Å²) in [5.41, 5.74) is 11.1. The lowest BCUT2D eigenvalue weighted by atomic mass is 10.1. The highest BCUT2D eigenvalue weighted by molar-refractivity contribution is 7.08. The number of rotatable bonds is 4. The summed E-state index contributed by atoms with van der Waals surface area (Å²) in [6.07, 6.45) is 5.50. The van der Waals surface area contributed by atoms with Gasteiger partial charge in [-0.3, -0.25) is 14.5 Å². The zero-order valence-corrected chi connectivity index (χ0v) is 19.9. The van der Waals surface area contributed by atoms with Crippen LogP contribution in [0.4, 0.5) is 5.82 Å². The number of hydrogen-bond acceptors (Lipinski definition) is 6. The van der Waals surface area contributed by atoms with Crippen LogP contribution in [-0.4, -0.2) is 36.6 Å². The minimum atomic E-state index is -0.00957. The maximum atomic E-state index is 13.6. The molecule has 0 bridgehead atoms. The Kier molecular flexibility index (Phi) is 5.20. The number of nitrogen functional groups attached to an aromatic ring is 1. The van der Waals surface area contributed by atoms with Gasteiger partial charge in [0.2, 0.25) is 0 Å². The summed E-state index contributed by atoms with van der Waals surface area (Å²) in [4.78, 5) is 24.6. The fourth-order valence-electron chi connectivity index (χ4n) is 4.26. The van der Waals surface area contributed by atoms with Crippen molar-refractivity contribution in [2.45, 2.75) is 25.4 Å². The van der Waals surface area contributed by atoms with Crippen LogP contribution in [0.2, 0.25) is 0 Å². The van der Waals surface area contributed by atoms with Gasteiger partial charge in [0, 0.05) is 46.7 Å². The fraction of sp³-hybridized carbons (Fsp3) is 0.185. The molecule has 0 aliphatic heterocycles. The Morgan fingerprint density at radius 2 is 2.00 bits per heavy atom. The second kappa shape index (κ2) is 8.53.